The highest BCUT2D eigenvalue weighted by Crippen LogP contribution is 2.24. The van der Waals surface area contributed by atoms with Gasteiger partial charge in [0.2, 0.25) is 5.95 Å². The van der Waals surface area contributed by atoms with E-state index in [1.807, 2.05) is 48.7 Å². The first-order valence-electron chi connectivity index (χ1n) is 8.10. The van der Waals surface area contributed by atoms with E-state index in [0.29, 0.717) is 18.1 Å². The molecule has 3 rings (SSSR count). The number of benzene rings is 2. The second-order valence-electron chi connectivity index (χ2n) is 6.03. The predicted molar refractivity (Wildman–Crippen MR) is 103 cm³/mol. The molecule has 0 saturated heterocycles. The summed E-state index contributed by atoms with van der Waals surface area (Å²) >= 11 is 3.38. The number of halogens is 1. The molecule has 0 aliphatic heterocycles. The lowest BCUT2D eigenvalue weighted by atomic mass is 10.1. The number of aliphatic hydroxyl groups is 1. The van der Waals surface area contributed by atoms with E-state index in [9.17, 15) is 4.79 Å². The van der Waals surface area contributed by atoms with Crippen LogP contribution in [-0.4, -0.2) is 33.6 Å². The van der Waals surface area contributed by atoms with Crippen molar-refractivity contribution < 1.29 is 9.90 Å². The van der Waals surface area contributed by atoms with Crippen LogP contribution in [0, 0.1) is 13.8 Å². The van der Waals surface area contributed by atoms with Gasteiger partial charge in [0.1, 0.15) is 0 Å². The van der Waals surface area contributed by atoms with Gasteiger partial charge < -0.3 is 15.0 Å². The number of nitrogens with one attached hydrogen (secondary N) is 1. The molecule has 0 radical (unpaired) electrons. The Labute approximate surface area is 154 Å². The van der Waals surface area contributed by atoms with E-state index in [1.54, 1.807) is 0 Å². The lowest BCUT2D eigenvalue weighted by Gasteiger charge is -2.10. The van der Waals surface area contributed by atoms with Gasteiger partial charge in [0.15, 0.2) is 5.78 Å². The zero-order valence-electron chi connectivity index (χ0n) is 14.2. The summed E-state index contributed by atoms with van der Waals surface area (Å²) in [6, 6.07) is 11.4. The number of nitrogens with zero attached hydrogens (tertiary/aromatic N) is 2. The van der Waals surface area contributed by atoms with Crippen LogP contribution in [0.5, 0.6) is 0 Å². The van der Waals surface area contributed by atoms with Gasteiger partial charge in [-0.2, -0.15) is 0 Å². The van der Waals surface area contributed by atoms with Crippen molar-refractivity contribution in [3.8, 4) is 0 Å². The van der Waals surface area contributed by atoms with Gasteiger partial charge in [0.05, 0.1) is 24.2 Å². The summed E-state index contributed by atoms with van der Waals surface area (Å²) in [6.45, 7) is 4.66. The van der Waals surface area contributed by atoms with Crippen LogP contribution in [0.25, 0.3) is 11.0 Å². The van der Waals surface area contributed by atoms with E-state index in [-0.39, 0.29) is 18.9 Å². The maximum atomic E-state index is 12.7. The highest BCUT2D eigenvalue weighted by atomic mass is 79.9. The lowest BCUT2D eigenvalue weighted by molar-refractivity contribution is 0.0974. The number of rotatable bonds is 6. The standard InChI is InChI=1S/C19H20BrN3O2/c1-12-9-16-17(10-13(12)2)23(19(22-16)21-7-8-24)11-18(25)14-3-5-15(20)6-4-14/h3-6,9-10,24H,7-8,11H2,1-2H3,(H,21,22). The quantitative estimate of drug-likeness (QED) is 0.617. The number of hydrogen-bond donors (Lipinski definition) is 2. The lowest BCUT2D eigenvalue weighted by Crippen LogP contribution is -2.16. The molecular formula is C19H20BrN3O2. The van der Waals surface area contributed by atoms with Crippen LogP contribution in [0.1, 0.15) is 21.5 Å². The maximum Gasteiger partial charge on any atom is 0.204 e. The average Bonchev–Trinajstić information content (AvgIpc) is 2.90. The molecule has 0 unspecified atom stereocenters. The van der Waals surface area contributed by atoms with Crippen LogP contribution in [0.2, 0.25) is 0 Å². The Morgan fingerprint density at radius 2 is 1.88 bits per heavy atom. The summed E-state index contributed by atoms with van der Waals surface area (Å²) in [7, 11) is 0. The fourth-order valence-electron chi connectivity index (χ4n) is 2.71. The number of aliphatic hydroxyl groups excluding tert-OH is 1. The zero-order chi connectivity index (χ0) is 18.0. The predicted octanol–water partition coefficient (Wildman–Crippen LogP) is 3.70. The van der Waals surface area contributed by atoms with E-state index in [0.717, 1.165) is 26.6 Å². The van der Waals surface area contributed by atoms with Gasteiger partial charge in [-0.1, -0.05) is 28.1 Å². The van der Waals surface area contributed by atoms with E-state index in [1.165, 1.54) is 0 Å². The molecule has 0 fully saturated rings. The number of Topliss-reactive ketones (excluding diaryl/α,β-unsaturated/α-hetero) is 1. The molecule has 0 saturated carbocycles. The Morgan fingerprint density at radius 1 is 1.20 bits per heavy atom. The number of anilines is 1. The van der Waals surface area contributed by atoms with Crippen LogP contribution >= 0.6 is 15.9 Å². The van der Waals surface area contributed by atoms with Crippen LogP contribution in [-0.2, 0) is 6.54 Å². The Hall–Kier alpha value is -2.18. The normalized spacial score (nSPS) is 11.0. The van der Waals surface area contributed by atoms with Gasteiger partial charge in [0, 0.05) is 16.6 Å². The van der Waals surface area contributed by atoms with Crippen molar-refractivity contribution in [1.29, 1.82) is 0 Å². The number of aryl methyl sites for hydroxylation is 2. The second kappa shape index (κ2) is 7.37. The minimum absolute atomic E-state index is 0.00190. The van der Waals surface area contributed by atoms with E-state index in [2.05, 4.69) is 32.3 Å². The molecule has 3 aromatic rings. The van der Waals surface area contributed by atoms with Crippen molar-refractivity contribution in [2.24, 2.45) is 0 Å². The smallest absolute Gasteiger partial charge is 0.204 e. The highest BCUT2D eigenvalue weighted by Gasteiger charge is 2.15. The number of carbonyl (C=O) groups is 1. The maximum absolute atomic E-state index is 12.7. The van der Waals surface area contributed by atoms with Gasteiger partial charge in [0.25, 0.3) is 0 Å². The summed E-state index contributed by atoms with van der Waals surface area (Å²) in [5, 5.41) is 12.2. The molecule has 0 amide bonds. The molecule has 2 N–H and O–H groups in total. The molecule has 0 aliphatic carbocycles. The summed E-state index contributed by atoms with van der Waals surface area (Å²) < 4.78 is 2.82. The van der Waals surface area contributed by atoms with Crippen molar-refractivity contribution in [1.82, 2.24) is 9.55 Å². The summed E-state index contributed by atoms with van der Waals surface area (Å²) in [5.41, 5.74) is 4.71. The monoisotopic (exact) mass is 401 g/mol. The third kappa shape index (κ3) is 3.75. The van der Waals surface area contributed by atoms with Gasteiger partial charge in [-0.15, -0.1) is 0 Å². The summed E-state index contributed by atoms with van der Waals surface area (Å²) in [5.74, 6) is 0.608. The third-order valence-electron chi connectivity index (χ3n) is 4.23. The van der Waals surface area contributed by atoms with E-state index >= 15 is 0 Å². The van der Waals surface area contributed by atoms with Crippen LogP contribution < -0.4 is 5.32 Å². The topological polar surface area (TPSA) is 67.2 Å². The Balaban J connectivity index is 2.01. The fraction of sp³-hybridized carbons (Fsp3) is 0.263. The van der Waals surface area contributed by atoms with E-state index < -0.39 is 0 Å². The fourth-order valence-corrected chi connectivity index (χ4v) is 2.98. The number of carbonyl (C=O) groups excluding carboxylic acids is 1. The van der Waals surface area contributed by atoms with Crippen LogP contribution in [0.3, 0.4) is 0 Å². The Bertz CT molecular complexity index is 917. The number of aromatic nitrogens is 2. The Kier molecular flexibility index (Phi) is 5.20. The molecule has 0 aliphatic rings. The van der Waals surface area contributed by atoms with Crippen molar-refractivity contribution in [3.05, 3.63) is 57.6 Å². The van der Waals surface area contributed by atoms with Gasteiger partial charge in [-0.25, -0.2) is 4.98 Å². The number of hydrogen-bond acceptors (Lipinski definition) is 4. The first-order chi connectivity index (χ1) is 12.0. The molecule has 6 heteroatoms. The van der Waals surface area contributed by atoms with Crippen LogP contribution in [0.4, 0.5) is 5.95 Å². The van der Waals surface area contributed by atoms with Gasteiger partial charge >= 0.3 is 0 Å². The largest absolute Gasteiger partial charge is 0.395 e. The molecule has 5 nitrogen and oxygen atoms in total. The zero-order valence-corrected chi connectivity index (χ0v) is 15.8. The van der Waals surface area contributed by atoms with Gasteiger partial charge in [-0.3, -0.25) is 4.79 Å². The Morgan fingerprint density at radius 3 is 2.56 bits per heavy atom. The van der Waals surface area contributed by atoms with Crippen LogP contribution in [0.15, 0.2) is 40.9 Å². The number of ketones is 1. The minimum atomic E-state index is 0.00190. The molecule has 2 aromatic carbocycles. The summed E-state index contributed by atoms with van der Waals surface area (Å²) in [6.07, 6.45) is 0. The molecule has 1 aromatic heterocycles. The van der Waals surface area contributed by atoms with Crippen molar-refractivity contribution in [3.63, 3.8) is 0 Å². The SMILES string of the molecule is Cc1cc2nc(NCCO)n(CC(=O)c3ccc(Br)cc3)c2cc1C. The molecule has 0 spiro atoms. The molecule has 0 atom stereocenters. The van der Waals surface area contributed by atoms with Gasteiger partial charge in [-0.05, 0) is 49.2 Å². The minimum Gasteiger partial charge on any atom is -0.395 e. The van der Waals surface area contributed by atoms with Crippen molar-refractivity contribution in [2.75, 3.05) is 18.5 Å². The third-order valence-corrected chi connectivity index (χ3v) is 4.76. The first-order valence-corrected chi connectivity index (χ1v) is 8.90. The molecule has 0 bridgehead atoms. The second-order valence-corrected chi connectivity index (χ2v) is 6.94. The average molecular weight is 402 g/mol. The number of fused-ring (bicyclic) bond motifs is 1. The van der Waals surface area contributed by atoms with Crippen molar-refractivity contribution >= 4 is 38.7 Å². The number of imidazole rings is 1. The molecule has 1 heterocycles. The molecule has 130 valence electrons. The van der Waals surface area contributed by atoms with E-state index in [4.69, 9.17) is 5.11 Å². The van der Waals surface area contributed by atoms with Crippen molar-refractivity contribution in [2.45, 2.75) is 20.4 Å². The first kappa shape index (κ1) is 17.6. The molecule has 25 heavy (non-hydrogen) atoms. The highest BCUT2D eigenvalue weighted by molar-refractivity contribution is 9.10. The summed E-state index contributed by atoms with van der Waals surface area (Å²) in [4.78, 5) is 17.3. The molecular weight excluding hydrogens is 382 g/mol.